The molecule has 1 fully saturated rings. The molecule has 2 aromatic heterocycles. The lowest BCUT2D eigenvalue weighted by atomic mass is 9.95. The van der Waals surface area contributed by atoms with Gasteiger partial charge in [-0.1, -0.05) is 18.2 Å². The van der Waals surface area contributed by atoms with Gasteiger partial charge in [0, 0.05) is 18.8 Å². The van der Waals surface area contributed by atoms with Crippen LogP contribution in [0, 0.1) is 0 Å². The van der Waals surface area contributed by atoms with Crippen molar-refractivity contribution in [3.05, 3.63) is 66.0 Å². The van der Waals surface area contributed by atoms with Crippen LogP contribution < -0.4 is 0 Å². The molecule has 3 heterocycles. The zero-order chi connectivity index (χ0) is 17.9. The first-order chi connectivity index (χ1) is 12.7. The van der Waals surface area contributed by atoms with Crippen LogP contribution in [0.3, 0.4) is 0 Å². The average molecular weight is 349 g/mol. The first kappa shape index (κ1) is 16.6. The molecule has 0 radical (unpaired) electrons. The van der Waals surface area contributed by atoms with Crippen LogP contribution in [0.4, 0.5) is 0 Å². The Hall–Kier alpha value is -2.82. The summed E-state index contributed by atoms with van der Waals surface area (Å²) in [5.74, 6) is 0.373. The Morgan fingerprint density at radius 2 is 2.00 bits per heavy atom. The molecule has 5 nitrogen and oxygen atoms in total. The smallest absolute Gasteiger partial charge is 0.257 e. The lowest BCUT2D eigenvalue weighted by molar-refractivity contribution is 0.0604. The molecule has 5 heteroatoms. The van der Waals surface area contributed by atoms with Crippen LogP contribution in [0.5, 0.6) is 5.75 Å². The van der Waals surface area contributed by atoms with Crippen LogP contribution in [-0.2, 0) is 6.42 Å². The maximum atomic E-state index is 13.2. The maximum absolute atomic E-state index is 13.2. The second-order valence-electron chi connectivity index (χ2n) is 6.94. The van der Waals surface area contributed by atoms with Crippen molar-refractivity contribution in [3.63, 3.8) is 0 Å². The normalized spacial score (nSPS) is 17.5. The van der Waals surface area contributed by atoms with Gasteiger partial charge in [-0.05, 0) is 61.9 Å². The van der Waals surface area contributed by atoms with Gasteiger partial charge in [-0.25, -0.2) is 4.52 Å². The minimum absolute atomic E-state index is 0.0848. The van der Waals surface area contributed by atoms with Crippen LogP contribution in [0.1, 0.15) is 41.6 Å². The fourth-order valence-electron chi connectivity index (χ4n) is 3.82. The van der Waals surface area contributed by atoms with Crippen molar-refractivity contribution in [2.24, 2.45) is 0 Å². The standard InChI is InChI=1S/C21H23N3O2/c25-18-11-8-16(9-12-18)7-10-17-5-1-3-13-23(17)21(26)19-15-22-24-14-4-2-6-20(19)24/h2,4,6,8-9,11-12,14-15,17,25H,1,3,5,7,10,13H2/t17-/m0/s1. The Bertz CT molecular complexity index is 901. The number of hydrogen-bond acceptors (Lipinski definition) is 3. The number of phenolic OH excluding ortho intramolecular Hbond substituents is 1. The summed E-state index contributed by atoms with van der Waals surface area (Å²) in [4.78, 5) is 15.2. The van der Waals surface area contributed by atoms with E-state index in [1.807, 2.05) is 41.4 Å². The number of phenols is 1. The van der Waals surface area contributed by atoms with Crippen LogP contribution in [0.25, 0.3) is 5.52 Å². The van der Waals surface area contributed by atoms with E-state index in [4.69, 9.17) is 0 Å². The van der Waals surface area contributed by atoms with Crippen LogP contribution in [0.2, 0.25) is 0 Å². The topological polar surface area (TPSA) is 57.8 Å². The molecule has 0 aliphatic carbocycles. The number of nitrogens with zero attached hydrogens (tertiary/aromatic N) is 3. The third kappa shape index (κ3) is 3.29. The van der Waals surface area contributed by atoms with Crippen molar-refractivity contribution in [2.75, 3.05) is 6.54 Å². The minimum atomic E-state index is 0.0848. The number of carbonyl (C=O) groups excluding carboxylic acids is 1. The van der Waals surface area contributed by atoms with E-state index < -0.39 is 0 Å². The van der Waals surface area contributed by atoms with Gasteiger partial charge in [0.15, 0.2) is 0 Å². The Morgan fingerprint density at radius 3 is 2.85 bits per heavy atom. The van der Waals surface area contributed by atoms with E-state index in [-0.39, 0.29) is 17.7 Å². The summed E-state index contributed by atoms with van der Waals surface area (Å²) in [5.41, 5.74) is 2.74. The first-order valence-corrected chi connectivity index (χ1v) is 9.23. The minimum Gasteiger partial charge on any atom is -0.508 e. The second-order valence-corrected chi connectivity index (χ2v) is 6.94. The Morgan fingerprint density at radius 1 is 1.15 bits per heavy atom. The molecule has 3 aromatic rings. The van der Waals surface area contributed by atoms with E-state index in [2.05, 4.69) is 5.10 Å². The molecular formula is C21H23N3O2. The molecule has 1 aromatic carbocycles. The molecule has 0 bridgehead atoms. The molecule has 1 aliphatic heterocycles. The number of amides is 1. The Labute approximate surface area is 152 Å². The van der Waals surface area contributed by atoms with Gasteiger partial charge < -0.3 is 10.0 Å². The number of likely N-dealkylation sites (tertiary alicyclic amines) is 1. The van der Waals surface area contributed by atoms with Gasteiger partial charge in [0.05, 0.1) is 17.3 Å². The van der Waals surface area contributed by atoms with E-state index in [1.165, 1.54) is 12.0 Å². The fourth-order valence-corrected chi connectivity index (χ4v) is 3.82. The van der Waals surface area contributed by atoms with E-state index in [9.17, 15) is 9.90 Å². The number of pyridine rings is 1. The number of benzene rings is 1. The molecular weight excluding hydrogens is 326 g/mol. The van der Waals surface area contributed by atoms with Crippen molar-refractivity contribution in [1.82, 2.24) is 14.5 Å². The highest BCUT2D eigenvalue weighted by Gasteiger charge is 2.28. The highest BCUT2D eigenvalue weighted by atomic mass is 16.3. The number of rotatable bonds is 4. The van der Waals surface area contributed by atoms with Gasteiger partial charge in [-0.3, -0.25) is 4.79 Å². The lowest BCUT2D eigenvalue weighted by Gasteiger charge is -2.36. The van der Waals surface area contributed by atoms with E-state index in [1.54, 1.807) is 22.8 Å². The van der Waals surface area contributed by atoms with Crippen molar-refractivity contribution in [2.45, 2.75) is 38.1 Å². The summed E-state index contributed by atoms with van der Waals surface area (Å²) in [7, 11) is 0. The summed E-state index contributed by atoms with van der Waals surface area (Å²) in [6.45, 7) is 0.809. The monoisotopic (exact) mass is 349 g/mol. The van der Waals surface area contributed by atoms with Crippen LogP contribution >= 0.6 is 0 Å². The van der Waals surface area contributed by atoms with Gasteiger partial charge in [0.25, 0.3) is 5.91 Å². The number of carbonyl (C=O) groups is 1. The Balaban J connectivity index is 1.51. The van der Waals surface area contributed by atoms with Crippen molar-refractivity contribution in [1.29, 1.82) is 0 Å². The molecule has 1 amide bonds. The van der Waals surface area contributed by atoms with E-state index >= 15 is 0 Å². The third-order valence-electron chi connectivity index (χ3n) is 5.25. The van der Waals surface area contributed by atoms with Crippen molar-refractivity contribution < 1.29 is 9.90 Å². The number of aryl methyl sites for hydroxylation is 1. The zero-order valence-corrected chi connectivity index (χ0v) is 14.7. The largest absolute Gasteiger partial charge is 0.508 e. The van der Waals surface area contributed by atoms with Crippen LogP contribution in [-0.4, -0.2) is 38.1 Å². The van der Waals surface area contributed by atoms with Crippen LogP contribution in [0.15, 0.2) is 54.9 Å². The summed E-state index contributed by atoms with van der Waals surface area (Å²) in [6, 6.07) is 13.4. The molecule has 0 unspecified atom stereocenters. The predicted molar refractivity (Wildman–Crippen MR) is 100 cm³/mol. The quantitative estimate of drug-likeness (QED) is 0.782. The summed E-state index contributed by atoms with van der Waals surface area (Å²) in [6.07, 6.45) is 8.66. The second kappa shape index (κ2) is 7.20. The summed E-state index contributed by atoms with van der Waals surface area (Å²) < 4.78 is 1.75. The molecule has 26 heavy (non-hydrogen) atoms. The predicted octanol–water partition coefficient (Wildman–Crippen LogP) is 3.67. The first-order valence-electron chi connectivity index (χ1n) is 9.23. The molecule has 1 saturated heterocycles. The Kier molecular flexibility index (Phi) is 4.61. The highest BCUT2D eigenvalue weighted by Crippen LogP contribution is 2.25. The number of piperidine rings is 1. The molecule has 134 valence electrons. The average Bonchev–Trinajstić information content (AvgIpc) is 3.11. The van der Waals surface area contributed by atoms with Gasteiger partial charge in [0.1, 0.15) is 5.75 Å². The van der Waals surface area contributed by atoms with E-state index in [0.29, 0.717) is 5.56 Å². The van der Waals surface area contributed by atoms with Gasteiger partial charge in [-0.15, -0.1) is 0 Å². The van der Waals surface area contributed by atoms with Gasteiger partial charge >= 0.3 is 0 Å². The summed E-state index contributed by atoms with van der Waals surface area (Å²) in [5, 5.41) is 13.7. The number of fused-ring (bicyclic) bond motifs is 1. The van der Waals surface area contributed by atoms with Crippen molar-refractivity contribution >= 4 is 11.4 Å². The molecule has 4 rings (SSSR count). The lowest BCUT2D eigenvalue weighted by Crippen LogP contribution is -2.44. The molecule has 0 saturated carbocycles. The zero-order valence-electron chi connectivity index (χ0n) is 14.7. The number of hydrogen-bond donors (Lipinski definition) is 1. The maximum Gasteiger partial charge on any atom is 0.257 e. The van der Waals surface area contributed by atoms with Gasteiger partial charge in [-0.2, -0.15) is 5.10 Å². The molecule has 1 N–H and O–H groups in total. The van der Waals surface area contributed by atoms with Gasteiger partial charge in [0.2, 0.25) is 0 Å². The molecule has 0 spiro atoms. The van der Waals surface area contributed by atoms with Crippen molar-refractivity contribution in [3.8, 4) is 5.75 Å². The van der Waals surface area contributed by atoms with E-state index in [0.717, 1.165) is 37.7 Å². The molecule has 1 atom stereocenters. The summed E-state index contributed by atoms with van der Waals surface area (Å²) >= 11 is 0. The molecule has 1 aliphatic rings. The SMILES string of the molecule is O=C(c1cnn2ccccc12)N1CCCC[C@H]1CCc1ccc(O)cc1. The fraction of sp³-hybridized carbons (Fsp3) is 0.333. The number of aromatic hydroxyl groups is 1. The third-order valence-corrected chi connectivity index (χ3v) is 5.25. The number of aromatic nitrogens is 2. The highest BCUT2D eigenvalue weighted by molar-refractivity contribution is 6.00.